The lowest BCUT2D eigenvalue weighted by molar-refractivity contribution is 0.411. The maximum absolute atomic E-state index is 12.3. The lowest BCUT2D eigenvalue weighted by Crippen LogP contribution is -1.95. The van der Waals surface area contributed by atoms with Gasteiger partial charge in [0.05, 0.1) is 13.3 Å². The summed E-state index contributed by atoms with van der Waals surface area (Å²) in [5.41, 5.74) is 5.30. The Morgan fingerprint density at radius 2 is 2.27 bits per heavy atom. The minimum absolute atomic E-state index is 0. The Kier molecular flexibility index (Phi) is 3.60. The maximum Gasteiger partial charge on any atom is 0.166 e. The van der Waals surface area contributed by atoms with Crippen LogP contribution >= 0.6 is 12.4 Å². The number of hydrogen-bond donors (Lipinski definition) is 1. The van der Waals surface area contributed by atoms with Crippen molar-refractivity contribution in [3.05, 3.63) is 18.1 Å². The molecule has 0 saturated heterocycles. The van der Waals surface area contributed by atoms with E-state index in [1.54, 1.807) is 0 Å². The normalized spacial score (nSPS) is 8.55. The van der Waals surface area contributed by atoms with Crippen LogP contribution < -0.4 is 10.5 Å². The van der Waals surface area contributed by atoms with E-state index in [0.29, 0.717) is 0 Å². The second-order valence-corrected chi connectivity index (χ2v) is 1.74. The Hall–Kier alpha value is -1.03. The molecule has 0 amide bonds. The van der Waals surface area contributed by atoms with E-state index < -0.39 is 5.82 Å². The zero-order valence-corrected chi connectivity index (χ0v) is 6.69. The summed E-state index contributed by atoms with van der Waals surface area (Å²) < 4.78 is 17.0. The van der Waals surface area contributed by atoms with Crippen LogP contribution in [0.15, 0.2) is 12.3 Å². The van der Waals surface area contributed by atoms with Gasteiger partial charge in [0.1, 0.15) is 5.82 Å². The predicted octanol–water partition coefficient (Wildman–Crippen LogP) is 1.23. The molecule has 1 heterocycles. The van der Waals surface area contributed by atoms with Crippen LogP contribution in [0.2, 0.25) is 0 Å². The topological polar surface area (TPSA) is 48.1 Å². The van der Waals surface area contributed by atoms with Gasteiger partial charge in [-0.2, -0.15) is 0 Å². The molecular formula is C6H8ClFN2O. The fraction of sp³-hybridized carbons (Fsp3) is 0.167. The van der Waals surface area contributed by atoms with E-state index in [4.69, 9.17) is 10.5 Å². The van der Waals surface area contributed by atoms with Crippen LogP contribution in [0.1, 0.15) is 0 Å². The first-order valence-corrected chi connectivity index (χ1v) is 2.69. The Balaban J connectivity index is 0.000001000. The van der Waals surface area contributed by atoms with E-state index in [9.17, 15) is 4.39 Å². The lowest BCUT2D eigenvalue weighted by atomic mass is 10.4. The first-order valence-electron chi connectivity index (χ1n) is 2.69. The van der Waals surface area contributed by atoms with Crippen LogP contribution in [-0.2, 0) is 0 Å². The molecule has 0 saturated carbocycles. The molecule has 0 unspecified atom stereocenters. The minimum atomic E-state index is -0.453. The number of ether oxygens (including phenoxy) is 1. The van der Waals surface area contributed by atoms with Gasteiger partial charge in [-0.3, -0.25) is 0 Å². The first-order chi connectivity index (χ1) is 4.74. The largest absolute Gasteiger partial charge is 0.493 e. The molecule has 3 nitrogen and oxygen atoms in total. The highest BCUT2D eigenvalue weighted by Crippen LogP contribution is 2.17. The quantitative estimate of drug-likeness (QED) is 0.704. The molecule has 5 heteroatoms. The van der Waals surface area contributed by atoms with Gasteiger partial charge >= 0.3 is 0 Å². The number of nitrogens with two attached hydrogens (primary N) is 1. The zero-order valence-electron chi connectivity index (χ0n) is 5.87. The summed E-state index contributed by atoms with van der Waals surface area (Å²) in [5, 5.41) is 0. The Labute approximate surface area is 69.8 Å². The van der Waals surface area contributed by atoms with E-state index >= 15 is 0 Å². The highest BCUT2D eigenvalue weighted by Gasteiger charge is 1.99. The number of nitrogens with zero attached hydrogens (tertiary/aromatic N) is 1. The lowest BCUT2D eigenvalue weighted by Gasteiger charge is -2.00. The molecule has 0 aliphatic carbocycles. The van der Waals surface area contributed by atoms with Crippen molar-refractivity contribution < 1.29 is 9.13 Å². The number of anilines is 1. The van der Waals surface area contributed by atoms with Crippen molar-refractivity contribution in [1.82, 2.24) is 4.98 Å². The number of nitrogen functional groups attached to an aromatic ring is 1. The second-order valence-electron chi connectivity index (χ2n) is 1.74. The van der Waals surface area contributed by atoms with Gasteiger partial charge in [0, 0.05) is 6.07 Å². The van der Waals surface area contributed by atoms with Gasteiger partial charge < -0.3 is 10.5 Å². The summed E-state index contributed by atoms with van der Waals surface area (Å²) in [4.78, 5) is 3.53. The molecule has 0 fully saturated rings. The molecule has 1 aromatic heterocycles. The SMILES string of the molecule is COc1cc(F)cnc1N.Cl. The van der Waals surface area contributed by atoms with E-state index in [-0.39, 0.29) is 24.0 Å². The molecular weight excluding hydrogens is 171 g/mol. The number of hydrogen-bond acceptors (Lipinski definition) is 3. The van der Waals surface area contributed by atoms with Crippen LogP contribution in [0, 0.1) is 5.82 Å². The number of methoxy groups -OCH3 is 1. The molecule has 0 radical (unpaired) electrons. The Morgan fingerprint density at radius 1 is 1.64 bits per heavy atom. The fourth-order valence-corrected chi connectivity index (χ4v) is 0.595. The average molecular weight is 179 g/mol. The minimum Gasteiger partial charge on any atom is -0.493 e. The smallest absolute Gasteiger partial charge is 0.166 e. The number of aromatic nitrogens is 1. The summed E-state index contributed by atoms with van der Waals surface area (Å²) >= 11 is 0. The highest BCUT2D eigenvalue weighted by atomic mass is 35.5. The summed E-state index contributed by atoms with van der Waals surface area (Å²) in [7, 11) is 1.41. The van der Waals surface area contributed by atoms with Gasteiger partial charge in [-0.25, -0.2) is 9.37 Å². The van der Waals surface area contributed by atoms with Crippen LogP contribution in [0.25, 0.3) is 0 Å². The molecule has 0 bridgehead atoms. The van der Waals surface area contributed by atoms with Gasteiger partial charge in [-0.05, 0) is 0 Å². The summed E-state index contributed by atoms with van der Waals surface area (Å²) in [6.07, 6.45) is 1.04. The second kappa shape index (κ2) is 3.98. The van der Waals surface area contributed by atoms with Crippen LogP contribution in [0.3, 0.4) is 0 Å². The summed E-state index contributed by atoms with van der Waals surface area (Å²) in [6.45, 7) is 0. The van der Waals surface area contributed by atoms with E-state index in [1.165, 1.54) is 13.2 Å². The monoisotopic (exact) mass is 178 g/mol. The number of pyridine rings is 1. The molecule has 0 aromatic carbocycles. The van der Waals surface area contributed by atoms with Crippen LogP contribution in [0.5, 0.6) is 5.75 Å². The van der Waals surface area contributed by atoms with Gasteiger partial charge in [0.2, 0.25) is 0 Å². The van der Waals surface area contributed by atoms with E-state index in [1.807, 2.05) is 0 Å². The van der Waals surface area contributed by atoms with Gasteiger partial charge in [-0.15, -0.1) is 12.4 Å². The zero-order chi connectivity index (χ0) is 7.56. The van der Waals surface area contributed by atoms with E-state index in [0.717, 1.165) is 6.20 Å². The van der Waals surface area contributed by atoms with Crippen molar-refractivity contribution in [1.29, 1.82) is 0 Å². The third kappa shape index (κ3) is 2.23. The van der Waals surface area contributed by atoms with Crippen molar-refractivity contribution in [3.63, 3.8) is 0 Å². The molecule has 62 valence electrons. The van der Waals surface area contributed by atoms with Crippen LogP contribution in [-0.4, -0.2) is 12.1 Å². The average Bonchev–Trinajstić information content (AvgIpc) is 1.94. The Morgan fingerprint density at radius 3 is 2.73 bits per heavy atom. The first kappa shape index (κ1) is 9.97. The highest BCUT2D eigenvalue weighted by molar-refractivity contribution is 5.85. The molecule has 0 spiro atoms. The van der Waals surface area contributed by atoms with Crippen molar-refractivity contribution >= 4 is 18.2 Å². The van der Waals surface area contributed by atoms with Crippen LogP contribution in [0.4, 0.5) is 10.2 Å². The van der Waals surface area contributed by atoms with Crippen molar-refractivity contribution in [3.8, 4) is 5.75 Å². The molecule has 1 rings (SSSR count). The van der Waals surface area contributed by atoms with Gasteiger partial charge in [-0.1, -0.05) is 0 Å². The third-order valence-corrected chi connectivity index (χ3v) is 1.07. The Bertz CT molecular complexity index is 244. The summed E-state index contributed by atoms with van der Waals surface area (Å²) in [5.74, 6) is 0.00921. The van der Waals surface area contributed by atoms with Gasteiger partial charge in [0.15, 0.2) is 11.6 Å². The van der Waals surface area contributed by atoms with Crippen molar-refractivity contribution in [2.75, 3.05) is 12.8 Å². The number of halogens is 2. The standard InChI is InChI=1S/C6H7FN2O.ClH/c1-10-5-2-4(7)3-9-6(5)8;/h2-3H,1H3,(H2,8,9);1H. The van der Waals surface area contributed by atoms with Crippen molar-refractivity contribution in [2.24, 2.45) is 0 Å². The molecule has 11 heavy (non-hydrogen) atoms. The predicted molar refractivity (Wildman–Crippen MR) is 42.4 cm³/mol. The molecule has 0 aliphatic heterocycles. The fourth-order valence-electron chi connectivity index (χ4n) is 0.595. The third-order valence-electron chi connectivity index (χ3n) is 1.07. The van der Waals surface area contributed by atoms with E-state index in [2.05, 4.69) is 4.98 Å². The molecule has 2 N–H and O–H groups in total. The maximum atomic E-state index is 12.3. The molecule has 0 aliphatic rings. The molecule has 1 aromatic rings. The summed E-state index contributed by atoms with van der Waals surface area (Å²) in [6, 6.07) is 1.18. The van der Waals surface area contributed by atoms with Crippen molar-refractivity contribution in [2.45, 2.75) is 0 Å². The number of rotatable bonds is 1. The van der Waals surface area contributed by atoms with Gasteiger partial charge in [0.25, 0.3) is 0 Å². The molecule has 0 atom stereocenters.